The van der Waals surface area contributed by atoms with Crippen LogP contribution in [0.25, 0.3) is 0 Å². The zero-order valence-corrected chi connectivity index (χ0v) is 12.5. The first kappa shape index (κ1) is 18.1. The van der Waals surface area contributed by atoms with Crippen LogP contribution in [0, 0.1) is 63.7 Å². The molecule has 3 rings (SSSR count). The van der Waals surface area contributed by atoms with Gasteiger partial charge in [0.05, 0.1) is 0 Å². The molecule has 2 nitrogen and oxygen atoms in total. The Morgan fingerprint density at radius 3 is 1.90 bits per heavy atom. The predicted molar refractivity (Wildman–Crippen MR) is 79.7 cm³/mol. The summed E-state index contributed by atoms with van der Waals surface area (Å²) in [6.45, 7) is 0. The quantitative estimate of drug-likeness (QED) is 0.487. The van der Waals surface area contributed by atoms with Gasteiger partial charge in [-0.2, -0.15) is 0 Å². The zero-order valence-electron chi connectivity index (χ0n) is 11.4. The topological polar surface area (TPSA) is 30.0 Å². The molecule has 0 amide bonds. The normalized spacial score (nSPS) is 18.1. The SMILES string of the molecule is O=C(/C=C/[C]1[CH][CH][CH][CH]1)c1ccncc1.[CH]1[CH][CH][CH][CH]1.[Fe+2]. The van der Waals surface area contributed by atoms with Crippen LogP contribution in [0.5, 0.6) is 0 Å². The van der Waals surface area contributed by atoms with Crippen LogP contribution in [-0.4, -0.2) is 10.8 Å². The second-order valence-electron chi connectivity index (χ2n) is 4.11. The second kappa shape index (κ2) is 10.8. The number of aromatic nitrogens is 1. The van der Waals surface area contributed by atoms with Gasteiger partial charge in [0.25, 0.3) is 0 Å². The molecule has 0 spiro atoms. The van der Waals surface area contributed by atoms with Crippen molar-refractivity contribution in [2.24, 2.45) is 0 Å². The fourth-order valence-corrected chi connectivity index (χ4v) is 1.61. The summed E-state index contributed by atoms with van der Waals surface area (Å²) < 4.78 is 0. The zero-order chi connectivity index (χ0) is 14.0. The van der Waals surface area contributed by atoms with Gasteiger partial charge < -0.3 is 0 Å². The molecule has 1 aromatic heterocycles. The summed E-state index contributed by atoms with van der Waals surface area (Å²) in [6.07, 6.45) is 24.4. The first-order chi connectivity index (χ1) is 9.86. The van der Waals surface area contributed by atoms with Crippen molar-refractivity contribution >= 4 is 5.78 Å². The Morgan fingerprint density at radius 1 is 0.857 bits per heavy atom. The first-order valence-electron chi connectivity index (χ1n) is 6.37. The van der Waals surface area contributed by atoms with Gasteiger partial charge in [0.2, 0.25) is 0 Å². The minimum absolute atomic E-state index is 0. The Hall–Kier alpha value is -0.921. The summed E-state index contributed by atoms with van der Waals surface area (Å²) in [5.41, 5.74) is 0.660. The smallest absolute Gasteiger partial charge is 0.289 e. The average molecular weight is 317 g/mol. The number of carbonyl (C=O) groups is 1. The van der Waals surface area contributed by atoms with E-state index in [4.69, 9.17) is 0 Å². The van der Waals surface area contributed by atoms with E-state index in [2.05, 4.69) is 4.98 Å². The molecule has 3 heteroatoms. The third-order valence-electron chi connectivity index (χ3n) is 2.64. The van der Waals surface area contributed by atoms with Crippen LogP contribution < -0.4 is 0 Å². The minimum atomic E-state index is -0.00130. The molecule has 2 aliphatic carbocycles. The Balaban J connectivity index is 0.000000313. The van der Waals surface area contributed by atoms with Crippen molar-refractivity contribution in [1.82, 2.24) is 4.98 Å². The summed E-state index contributed by atoms with van der Waals surface area (Å²) in [7, 11) is 0. The number of carbonyl (C=O) groups excluding carboxylic acids is 1. The third kappa shape index (κ3) is 7.06. The van der Waals surface area contributed by atoms with Crippen LogP contribution in [0.4, 0.5) is 0 Å². The van der Waals surface area contributed by atoms with Gasteiger partial charge in [-0.05, 0) is 76.0 Å². The number of nitrogens with zero attached hydrogens (tertiary/aromatic N) is 1. The molecule has 0 unspecified atom stereocenters. The fourth-order valence-electron chi connectivity index (χ4n) is 1.61. The van der Waals surface area contributed by atoms with Crippen LogP contribution in [0.3, 0.4) is 0 Å². The number of hydrogen-bond acceptors (Lipinski definition) is 2. The molecular weight excluding hydrogens is 302 g/mol. The Kier molecular flexibility index (Phi) is 9.29. The molecule has 10 radical (unpaired) electrons. The number of ketones is 1. The maximum atomic E-state index is 11.6. The summed E-state index contributed by atoms with van der Waals surface area (Å²) >= 11 is 0. The van der Waals surface area contributed by atoms with E-state index in [9.17, 15) is 4.79 Å². The molecule has 0 aromatic carbocycles. The van der Waals surface area contributed by atoms with Crippen LogP contribution in [0.2, 0.25) is 0 Å². The Labute approximate surface area is 138 Å². The molecule has 0 atom stereocenters. The average Bonchev–Trinajstić information content (AvgIpc) is 3.21. The number of hydrogen-bond donors (Lipinski definition) is 0. The molecule has 2 aliphatic rings. The van der Waals surface area contributed by atoms with E-state index >= 15 is 0 Å². The van der Waals surface area contributed by atoms with Crippen molar-refractivity contribution in [3.05, 3.63) is 106 Å². The van der Waals surface area contributed by atoms with Crippen LogP contribution in [0.1, 0.15) is 10.4 Å². The van der Waals surface area contributed by atoms with Crippen molar-refractivity contribution in [3.63, 3.8) is 0 Å². The van der Waals surface area contributed by atoms with Crippen LogP contribution in [0.15, 0.2) is 36.7 Å². The molecular formula is C18H15FeNO+2. The van der Waals surface area contributed by atoms with Gasteiger partial charge in [-0.15, -0.1) is 0 Å². The monoisotopic (exact) mass is 317 g/mol. The van der Waals surface area contributed by atoms with E-state index in [0.29, 0.717) is 5.56 Å². The van der Waals surface area contributed by atoms with E-state index in [-0.39, 0.29) is 22.9 Å². The molecule has 2 fully saturated rings. The van der Waals surface area contributed by atoms with Crippen molar-refractivity contribution in [1.29, 1.82) is 0 Å². The van der Waals surface area contributed by atoms with Gasteiger partial charge in [-0.25, -0.2) is 0 Å². The molecule has 0 bridgehead atoms. The van der Waals surface area contributed by atoms with Crippen molar-refractivity contribution in [2.75, 3.05) is 0 Å². The third-order valence-corrected chi connectivity index (χ3v) is 2.64. The van der Waals surface area contributed by atoms with E-state index in [1.807, 2.05) is 63.9 Å². The van der Waals surface area contributed by atoms with E-state index < -0.39 is 0 Å². The molecule has 0 saturated heterocycles. The number of allylic oxidation sites excluding steroid dienone is 2. The standard InChI is InChI=1S/C13H10NO.C5H5.Fe/c15-13(12-7-9-14-10-8-12)6-5-11-3-1-2-4-11;1-2-4-5-3-1;/h1-10H;1-5H;/q;;+2/b6-5+;;. The van der Waals surface area contributed by atoms with Gasteiger partial charge in [-0.1, -0.05) is 6.08 Å². The summed E-state index contributed by atoms with van der Waals surface area (Å²) in [5, 5.41) is 0. The summed E-state index contributed by atoms with van der Waals surface area (Å²) in [6, 6.07) is 3.41. The van der Waals surface area contributed by atoms with Crippen molar-refractivity contribution < 1.29 is 21.9 Å². The van der Waals surface area contributed by atoms with E-state index in [1.165, 1.54) is 0 Å². The maximum Gasteiger partial charge on any atom is 2.00 e. The Morgan fingerprint density at radius 2 is 1.38 bits per heavy atom. The van der Waals surface area contributed by atoms with Gasteiger partial charge >= 0.3 is 17.1 Å². The molecule has 1 aromatic rings. The molecule has 0 N–H and O–H groups in total. The Bertz CT molecular complexity index is 412. The second-order valence-corrected chi connectivity index (χ2v) is 4.11. The largest absolute Gasteiger partial charge is 2.00 e. The number of rotatable bonds is 3. The molecule has 21 heavy (non-hydrogen) atoms. The summed E-state index contributed by atoms with van der Waals surface area (Å²) in [5.74, 6) is 1.04. The van der Waals surface area contributed by atoms with Gasteiger partial charge in [-0.3, -0.25) is 9.78 Å². The van der Waals surface area contributed by atoms with E-state index in [1.54, 1.807) is 30.6 Å². The number of pyridine rings is 1. The van der Waals surface area contributed by atoms with Gasteiger partial charge in [0.1, 0.15) is 0 Å². The maximum absolute atomic E-state index is 11.6. The fraction of sp³-hybridized carbons (Fsp3) is 0. The molecule has 0 aliphatic heterocycles. The van der Waals surface area contributed by atoms with Crippen LogP contribution >= 0.6 is 0 Å². The van der Waals surface area contributed by atoms with Crippen LogP contribution in [-0.2, 0) is 17.1 Å². The van der Waals surface area contributed by atoms with E-state index in [0.717, 1.165) is 5.92 Å². The summed E-state index contributed by atoms with van der Waals surface area (Å²) in [4.78, 5) is 15.5. The predicted octanol–water partition coefficient (Wildman–Crippen LogP) is 3.24. The van der Waals surface area contributed by atoms with Crippen molar-refractivity contribution in [3.8, 4) is 0 Å². The van der Waals surface area contributed by atoms with Gasteiger partial charge in [0, 0.05) is 23.9 Å². The molecule has 1 heterocycles. The van der Waals surface area contributed by atoms with Gasteiger partial charge in [0.15, 0.2) is 5.78 Å². The first-order valence-corrected chi connectivity index (χ1v) is 6.37. The molecule has 104 valence electrons. The minimum Gasteiger partial charge on any atom is -0.289 e. The molecule has 2 saturated carbocycles. The van der Waals surface area contributed by atoms with Crippen molar-refractivity contribution in [2.45, 2.75) is 0 Å².